The molecule has 0 N–H and O–H groups in total. The topological polar surface area (TPSA) is 88.1 Å². The molecule has 3 aromatic carbocycles. The molecule has 35 heavy (non-hydrogen) atoms. The number of ether oxygens (including phenoxy) is 2. The smallest absolute Gasteiger partial charge is 0.237 e. The Morgan fingerprint density at radius 3 is 2.54 bits per heavy atom. The average Bonchev–Trinajstić information content (AvgIpc) is 3.55. The molecular weight excluding hydrogens is 462 g/mol. The van der Waals surface area contributed by atoms with Gasteiger partial charge in [0.2, 0.25) is 11.7 Å². The molecule has 0 bridgehead atoms. The fraction of sp³-hybridized carbons (Fsp3) is 0.154. The molecule has 0 atom stereocenters. The second-order valence-corrected chi connectivity index (χ2v) is 8.66. The molecule has 0 aliphatic heterocycles. The van der Waals surface area contributed by atoms with E-state index in [9.17, 15) is 0 Å². The van der Waals surface area contributed by atoms with Gasteiger partial charge in [-0.2, -0.15) is 4.98 Å². The Labute approximate surface area is 206 Å². The lowest BCUT2D eigenvalue weighted by molar-refractivity contribution is 0.389. The van der Waals surface area contributed by atoms with Gasteiger partial charge in [0.25, 0.3) is 0 Å². The van der Waals surface area contributed by atoms with Gasteiger partial charge in [-0.05, 0) is 42.8 Å². The van der Waals surface area contributed by atoms with Gasteiger partial charge in [0.15, 0.2) is 11.0 Å². The molecule has 0 spiro atoms. The monoisotopic (exact) mass is 485 g/mol. The molecule has 5 aromatic rings. The Morgan fingerprint density at radius 1 is 0.914 bits per heavy atom. The summed E-state index contributed by atoms with van der Waals surface area (Å²) in [6.45, 7) is 2.07. The molecule has 0 aliphatic carbocycles. The van der Waals surface area contributed by atoms with Gasteiger partial charge in [-0.1, -0.05) is 59.4 Å². The third-order valence-electron chi connectivity index (χ3n) is 5.37. The van der Waals surface area contributed by atoms with Gasteiger partial charge in [0, 0.05) is 11.3 Å². The van der Waals surface area contributed by atoms with Crippen LogP contribution in [0, 0.1) is 6.92 Å². The summed E-state index contributed by atoms with van der Waals surface area (Å²) in [4.78, 5) is 4.57. The summed E-state index contributed by atoms with van der Waals surface area (Å²) in [6, 6.07) is 23.7. The van der Waals surface area contributed by atoms with Crippen molar-refractivity contribution in [2.24, 2.45) is 0 Å². The van der Waals surface area contributed by atoms with Crippen molar-refractivity contribution in [3.63, 3.8) is 0 Å². The van der Waals surface area contributed by atoms with Gasteiger partial charge in [-0.3, -0.25) is 4.57 Å². The summed E-state index contributed by atoms with van der Waals surface area (Å²) in [5.74, 6) is 3.42. The van der Waals surface area contributed by atoms with Crippen LogP contribution in [0.1, 0.15) is 11.5 Å². The molecule has 0 saturated carbocycles. The lowest BCUT2D eigenvalue weighted by atomic mass is 10.2. The van der Waals surface area contributed by atoms with Crippen LogP contribution in [0.15, 0.2) is 82.5 Å². The summed E-state index contributed by atoms with van der Waals surface area (Å²) in [6.07, 6.45) is 0. The maximum atomic E-state index is 5.53. The zero-order chi connectivity index (χ0) is 24.2. The summed E-state index contributed by atoms with van der Waals surface area (Å²) in [5, 5.41) is 13.9. The van der Waals surface area contributed by atoms with Crippen LogP contribution in [0.3, 0.4) is 0 Å². The predicted octanol–water partition coefficient (Wildman–Crippen LogP) is 5.60. The first-order valence-electron chi connectivity index (χ1n) is 10.9. The Balaban J connectivity index is 1.45. The van der Waals surface area contributed by atoms with Crippen LogP contribution in [0.4, 0.5) is 0 Å². The molecule has 2 aromatic heterocycles. The summed E-state index contributed by atoms with van der Waals surface area (Å²) < 4.78 is 18.4. The third-order valence-corrected chi connectivity index (χ3v) is 6.28. The number of hydrogen-bond donors (Lipinski definition) is 0. The van der Waals surface area contributed by atoms with Crippen molar-refractivity contribution in [2.45, 2.75) is 17.8 Å². The van der Waals surface area contributed by atoms with Crippen LogP contribution in [0.2, 0.25) is 0 Å². The number of aromatic nitrogens is 5. The second-order valence-electron chi connectivity index (χ2n) is 7.71. The van der Waals surface area contributed by atoms with E-state index in [1.165, 1.54) is 11.8 Å². The Morgan fingerprint density at radius 2 is 1.77 bits per heavy atom. The maximum absolute atomic E-state index is 5.53. The highest BCUT2D eigenvalue weighted by atomic mass is 32.2. The van der Waals surface area contributed by atoms with E-state index in [4.69, 9.17) is 14.0 Å². The van der Waals surface area contributed by atoms with Crippen LogP contribution >= 0.6 is 11.8 Å². The van der Waals surface area contributed by atoms with E-state index in [2.05, 4.69) is 44.0 Å². The molecule has 0 fully saturated rings. The van der Waals surface area contributed by atoms with Crippen molar-refractivity contribution in [1.29, 1.82) is 0 Å². The van der Waals surface area contributed by atoms with Crippen molar-refractivity contribution in [3.05, 3.63) is 84.3 Å². The van der Waals surface area contributed by atoms with E-state index in [0.717, 1.165) is 27.8 Å². The molecular formula is C26H23N5O3S. The fourth-order valence-electron chi connectivity index (χ4n) is 3.68. The highest BCUT2D eigenvalue weighted by Crippen LogP contribution is 2.33. The first kappa shape index (κ1) is 22.7. The van der Waals surface area contributed by atoms with E-state index >= 15 is 0 Å². The normalized spacial score (nSPS) is 10.9. The summed E-state index contributed by atoms with van der Waals surface area (Å²) >= 11 is 1.48. The van der Waals surface area contributed by atoms with Gasteiger partial charge < -0.3 is 14.0 Å². The molecule has 9 heteroatoms. The quantitative estimate of drug-likeness (QED) is 0.262. The number of nitrogens with zero attached hydrogens (tertiary/aromatic N) is 5. The highest BCUT2D eigenvalue weighted by Gasteiger charge is 2.19. The Bertz CT molecular complexity index is 1450. The van der Waals surface area contributed by atoms with Crippen LogP contribution in [0.25, 0.3) is 28.5 Å². The standard InChI is InChI=1S/C26H23N5O3S/c1-17-8-7-11-19(14-17)31-25(18-9-5-4-6-10-18)28-29-26(31)35-16-23-27-24(30-34-23)21-15-20(32-2)12-13-22(21)33-3/h4-15H,16H2,1-3H3. The van der Waals surface area contributed by atoms with Crippen molar-refractivity contribution in [2.75, 3.05) is 14.2 Å². The van der Waals surface area contributed by atoms with Crippen LogP contribution in [0.5, 0.6) is 11.5 Å². The van der Waals surface area contributed by atoms with Crippen LogP contribution in [-0.4, -0.2) is 39.1 Å². The van der Waals surface area contributed by atoms with Gasteiger partial charge >= 0.3 is 0 Å². The molecule has 8 nitrogen and oxygen atoms in total. The van der Waals surface area contributed by atoms with Crippen molar-refractivity contribution in [1.82, 2.24) is 24.9 Å². The van der Waals surface area contributed by atoms with Gasteiger partial charge in [-0.15, -0.1) is 10.2 Å². The number of rotatable bonds is 8. The van der Waals surface area contributed by atoms with Gasteiger partial charge in [0.05, 0.1) is 25.5 Å². The van der Waals surface area contributed by atoms with E-state index < -0.39 is 0 Å². The minimum absolute atomic E-state index is 0.429. The first-order valence-corrected chi connectivity index (χ1v) is 11.9. The molecule has 176 valence electrons. The SMILES string of the molecule is COc1ccc(OC)c(-c2noc(CSc3nnc(-c4ccccc4)n3-c3cccc(C)c3)n2)c1. The van der Waals surface area contributed by atoms with E-state index in [1.807, 2.05) is 60.7 Å². The minimum atomic E-state index is 0.429. The number of methoxy groups -OCH3 is 2. The van der Waals surface area contributed by atoms with E-state index in [0.29, 0.717) is 34.5 Å². The predicted molar refractivity (Wildman–Crippen MR) is 134 cm³/mol. The summed E-state index contributed by atoms with van der Waals surface area (Å²) in [5.41, 5.74) is 3.82. The number of aryl methyl sites for hydroxylation is 1. The maximum Gasteiger partial charge on any atom is 0.237 e. The fourth-order valence-corrected chi connectivity index (χ4v) is 4.46. The van der Waals surface area contributed by atoms with Gasteiger partial charge in [0.1, 0.15) is 11.5 Å². The largest absolute Gasteiger partial charge is 0.497 e. The second kappa shape index (κ2) is 10.0. The lowest BCUT2D eigenvalue weighted by Gasteiger charge is -2.10. The number of hydrogen-bond acceptors (Lipinski definition) is 8. The Hall–Kier alpha value is -4.11. The first-order chi connectivity index (χ1) is 17.2. The van der Waals surface area contributed by atoms with E-state index in [1.54, 1.807) is 14.2 Å². The molecule has 5 rings (SSSR count). The molecule has 0 aliphatic rings. The number of thioether (sulfide) groups is 1. The molecule has 2 heterocycles. The third kappa shape index (κ3) is 4.76. The zero-order valence-electron chi connectivity index (χ0n) is 19.5. The van der Waals surface area contributed by atoms with Crippen molar-refractivity contribution < 1.29 is 14.0 Å². The molecule has 0 radical (unpaired) electrons. The zero-order valence-corrected chi connectivity index (χ0v) is 20.3. The molecule has 0 amide bonds. The van der Waals surface area contributed by atoms with Crippen LogP contribution in [-0.2, 0) is 5.75 Å². The molecule has 0 saturated heterocycles. The summed E-state index contributed by atoms with van der Waals surface area (Å²) in [7, 11) is 3.21. The minimum Gasteiger partial charge on any atom is -0.497 e. The Kier molecular flexibility index (Phi) is 6.49. The van der Waals surface area contributed by atoms with Crippen LogP contribution < -0.4 is 9.47 Å². The average molecular weight is 486 g/mol. The van der Waals surface area contributed by atoms with Gasteiger partial charge in [-0.25, -0.2) is 0 Å². The van der Waals surface area contributed by atoms with Crippen molar-refractivity contribution in [3.8, 4) is 40.0 Å². The van der Waals surface area contributed by atoms with Crippen molar-refractivity contribution >= 4 is 11.8 Å². The lowest BCUT2D eigenvalue weighted by Crippen LogP contribution is -2.00. The molecule has 0 unspecified atom stereocenters. The number of benzene rings is 3. The highest BCUT2D eigenvalue weighted by molar-refractivity contribution is 7.98. The van der Waals surface area contributed by atoms with E-state index in [-0.39, 0.29) is 0 Å².